The Balaban J connectivity index is 2.33. The molecule has 1 atom stereocenters. The Morgan fingerprint density at radius 3 is 2.56 bits per heavy atom. The van der Waals surface area contributed by atoms with Crippen LogP contribution in [0.15, 0.2) is 24.3 Å². The fourth-order valence-electron chi connectivity index (χ4n) is 1.56. The predicted molar refractivity (Wildman–Crippen MR) is 70.4 cm³/mol. The molecule has 0 spiro atoms. The molecule has 0 aliphatic rings. The van der Waals surface area contributed by atoms with E-state index in [-0.39, 0.29) is 12.0 Å². The predicted octanol–water partition coefficient (Wildman–Crippen LogP) is 2.43. The fraction of sp³-hybridized carbons (Fsp3) is 0.500. The summed E-state index contributed by atoms with van der Waals surface area (Å²) in [5, 5.41) is 0. The van der Waals surface area contributed by atoms with Gasteiger partial charge in [-0.05, 0) is 30.5 Å². The second-order valence-corrected chi connectivity index (χ2v) is 4.11. The summed E-state index contributed by atoms with van der Waals surface area (Å²) in [4.78, 5) is 10.9. The Bertz CT molecular complexity index is 362. The molecule has 1 aromatic rings. The normalized spacial score (nSPS) is 11.9. The van der Waals surface area contributed by atoms with Crippen molar-refractivity contribution in [2.24, 2.45) is 5.73 Å². The number of methoxy groups -OCH3 is 1. The Hall–Kier alpha value is -1.55. The molecule has 2 N–H and O–H groups in total. The van der Waals surface area contributed by atoms with Crippen molar-refractivity contribution >= 4 is 5.97 Å². The van der Waals surface area contributed by atoms with Gasteiger partial charge in [0.15, 0.2) is 0 Å². The number of ether oxygens (including phenoxy) is 2. The van der Waals surface area contributed by atoms with E-state index in [1.165, 1.54) is 7.11 Å². The van der Waals surface area contributed by atoms with Crippen molar-refractivity contribution in [2.45, 2.75) is 32.2 Å². The van der Waals surface area contributed by atoms with Gasteiger partial charge in [-0.1, -0.05) is 19.1 Å². The lowest BCUT2D eigenvalue weighted by Crippen LogP contribution is -2.08. The number of nitrogens with two attached hydrogens (primary N) is 1. The summed E-state index contributed by atoms with van der Waals surface area (Å²) in [5.74, 6) is 0.592. The van der Waals surface area contributed by atoms with Crippen molar-refractivity contribution < 1.29 is 14.3 Å². The van der Waals surface area contributed by atoms with Crippen molar-refractivity contribution in [1.29, 1.82) is 0 Å². The smallest absolute Gasteiger partial charge is 0.305 e. The summed E-state index contributed by atoms with van der Waals surface area (Å²) in [5.41, 5.74) is 7.03. The molecular formula is C14H21NO3. The molecule has 0 saturated heterocycles. The van der Waals surface area contributed by atoms with Gasteiger partial charge in [-0.15, -0.1) is 0 Å². The lowest BCUT2D eigenvalue weighted by molar-refractivity contribution is -0.140. The van der Waals surface area contributed by atoms with Gasteiger partial charge >= 0.3 is 5.97 Å². The van der Waals surface area contributed by atoms with E-state index in [2.05, 4.69) is 11.7 Å². The van der Waals surface area contributed by atoms with Crippen LogP contribution < -0.4 is 10.5 Å². The number of rotatable bonds is 7. The third-order valence-corrected chi connectivity index (χ3v) is 2.77. The summed E-state index contributed by atoms with van der Waals surface area (Å²) in [7, 11) is 1.39. The van der Waals surface area contributed by atoms with Crippen molar-refractivity contribution in [3.63, 3.8) is 0 Å². The molecule has 0 aromatic heterocycles. The molecule has 4 heteroatoms. The Labute approximate surface area is 108 Å². The summed E-state index contributed by atoms with van der Waals surface area (Å²) in [6, 6.07) is 7.85. The van der Waals surface area contributed by atoms with E-state index in [1.807, 2.05) is 24.3 Å². The van der Waals surface area contributed by atoms with E-state index in [4.69, 9.17) is 10.5 Å². The van der Waals surface area contributed by atoms with E-state index < -0.39 is 0 Å². The minimum Gasteiger partial charge on any atom is -0.494 e. The van der Waals surface area contributed by atoms with Gasteiger partial charge in [0.05, 0.1) is 13.7 Å². The van der Waals surface area contributed by atoms with E-state index in [0.717, 1.165) is 17.7 Å². The highest BCUT2D eigenvalue weighted by Crippen LogP contribution is 2.18. The topological polar surface area (TPSA) is 61.5 Å². The first-order valence-electron chi connectivity index (χ1n) is 6.22. The molecule has 0 fully saturated rings. The second-order valence-electron chi connectivity index (χ2n) is 4.11. The first-order valence-corrected chi connectivity index (χ1v) is 6.22. The molecule has 18 heavy (non-hydrogen) atoms. The van der Waals surface area contributed by atoms with Gasteiger partial charge in [-0.25, -0.2) is 0 Å². The molecule has 0 aliphatic heterocycles. The average Bonchev–Trinajstić information content (AvgIpc) is 2.43. The van der Waals surface area contributed by atoms with Crippen LogP contribution in [0.25, 0.3) is 0 Å². The van der Waals surface area contributed by atoms with Gasteiger partial charge in [0.1, 0.15) is 5.75 Å². The highest BCUT2D eigenvalue weighted by molar-refractivity contribution is 5.69. The SMILES string of the molecule is CCC(N)c1ccc(OCCCC(=O)OC)cc1. The molecule has 4 nitrogen and oxygen atoms in total. The number of benzene rings is 1. The monoisotopic (exact) mass is 251 g/mol. The van der Waals surface area contributed by atoms with Gasteiger partial charge in [0.2, 0.25) is 0 Å². The van der Waals surface area contributed by atoms with Crippen molar-refractivity contribution in [1.82, 2.24) is 0 Å². The number of carbonyl (C=O) groups excluding carboxylic acids is 1. The maximum absolute atomic E-state index is 10.9. The third kappa shape index (κ3) is 4.75. The van der Waals surface area contributed by atoms with Crippen LogP contribution in [0.4, 0.5) is 0 Å². The van der Waals surface area contributed by atoms with Crippen molar-refractivity contribution in [2.75, 3.05) is 13.7 Å². The summed E-state index contributed by atoms with van der Waals surface area (Å²) < 4.78 is 10.1. The Morgan fingerprint density at radius 2 is 2.00 bits per heavy atom. The Kier molecular flexibility index (Phi) is 6.22. The first-order chi connectivity index (χ1) is 8.67. The van der Waals surface area contributed by atoms with Gasteiger partial charge in [-0.3, -0.25) is 4.79 Å². The molecule has 100 valence electrons. The quantitative estimate of drug-likeness (QED) is 0.597. The zero-order valence-corrected chi connectivity index (χ0v) is 11.0. The van der Waals surface area contributed by atoms with Crippen LogP contribution in [0.3, 0.4) is 0 Å². The number of hydrogen-bond donors (Lipinski definition) is 1. The molecule has 1 rings (SSSR count). The minimum atomic E-state index is -0.206. The van der Waals surface area contributed by atoms with E-state index in [0.29, 0.717) is 19.4 Å². The van der Waals surface area contributed by atoms with Crippen LogP contribution in [0.2, 0.25) is 0 Å². The average molecular weight is 251 g/mol. The van der Waals surface area contributed by atoms with Gasteiger partial charge in [0, 0.05) is 12.5 Å². The van der Waals surface area contributed by atoms with Crippen molar-refractivity contribution in [3.8, 4) is 5.75 Å². The minimum absolute atomic E-state index is 0.0818. The lowest BCUT2D eigenvalue weighted by Gasteiger charge is -2.10. The van der Waals surface area contributed by atoms with Crippen LogP contribution in [0.5, 0.6) is 5.75 Å². The molecule has 1 unspecified atom stereocenters. The molecule has 0 aliphatic carbocycles. The lowest BCUT2D eigenvalue weighted by atomic mass is 10.1. The summed E-state index contributed by atoms with van der Waals surface area (Å²) >= 11 is 0. The second kappa shape index (κ2) is 7.71. The van der Waals surface area contributed by atoms with Gasteiger partial charge in [-0.2, -0.15) is 0 Å². The van der Waals surface area contributed by atoms with Crippen molar-refractivity contribution in [3.05, 3.63) is 29.8 Å². The summed E-state index contributed by atoms with van der Waals surface area (Å²) in [6.45, 7) is 2.57. The van der Waals surface area contributed by atoms with Crippen LogP contribution >= 0.6 is 0 Å². The number of hydrogen-bond acceptors (Lipinski definition) is 4. The van der Waals surface area contributed by atoms with Crippen LogP contribution in [0, 0.1) is 0 Å². The molecule has 0 amide bonds. The van der Waals surface area contributed by atoms with Crippen LogP contribution in [-0.4, -0.2) is 19.7 Å². The first kappa shape index (κ1) is 14.5. The highest BCUT2D eigenvalue weighted by Gasteiger charge is 2.03. The number of esters is 1. The maximum Gasteiger partial charge on any atom is 0.305 e. The number of carbonyl (C=O) groups is 1. The standard InChI is InChI=1S/C14H21NO3/c1-3-13(15)11-6-8-12(9-7-11)18-10-4-5-14(16)17-2/h6-9,13H,3-5,10,15H2,1-2H3. The molecule has 0 radical (unpaired) electrons. The largest absolute Gasteiger partial charge is 0.494 e. The van der Waals surface area contributed by atoms with Gasteiger partial charge in [0.25, 0.3) is 0 Å². The molecule has 0 heterocycles. The maximum atomic E-state index is 10.9. The van der Waals surface area contributed by atoms with E-state index in [1.54, 1.807) is 0 Å². The zero-order chi connectivity index (χ0) is 13.4. The van der Waals surface area contributed by atoms with Gasteiger partial charge < -0.3 is 15.2 Å². The molecule has 0 bridgehead atoms. The Morgan fingerprint density at radius 1 is 1.33 bits per heavy atom. The summed E-state index contributed by atoms with van der Waals surface area (Å²) in [6.07, 6.45) is 1.96. The molecule has 1 aromatic carbocycles. The zero-order valence-electron chi connectivity index (χ0n) is 11.0. The van der Waals surface area contributed by atoms with Crippen LogP contribution in [-0.2, 0) is 9.53 Å². The van der Waals surface area contributed by atoms with Crippen LogP contribution in [0.1, 0.15) is 37.8 Å². The third-order valence-electron chi connectivity index (χ3n) is 2.77. The fourth-order valence-corrected chi connectivity index (χ4v) is 1.56. The molecule has 0 saturated carbocycles. The highest BCUT2D eigenvalue weighted by atomic mass is 16.5. The van der Waals surface area contributed by atoms with E-state index in [9.17, 15) is 4.79 Å². The van der Waals surface area contributed by atoms with E-state index >= 15 is 0 Å². The molecular weight excluding hydrogens is 230 g/mol.